The fraction of sp³-hybridized carbons (Fsp3) is 0.182. The highest BCUT2D eigenvalue weighted by Gasteiger charge is 1.97. The van der Waals surface area contributed by atoms with E-state index in [9.17, 15) is 0 Å². The zero-order chi connectivity index (χ0) is 11.2. The molecule has 1 aromatic heterocycles. The van der Waals surface area contributed by atoms with Gasteiger partial charge in [0.2, 0.25) is 0 Å². The second-order valence-corrected chi connectivity index (χ2v) is 3.16. The number of aromatic nitrogens is 1. The molecule has 0 saturated carbocycles. The van der Waals surface area contributed by atoms with Crippen LogP contribution in [0.1, 0.15) is 0 Å². The van der Waals surface area contributed by atoms with Crippen LogP contribution in [-0.4, -0.2) is 18.1 Å². The minimum Gasteiger partial charge on any atom is -0.493 e. The highest BCUT2D eigenvalue weighted by molar-refractivity contribution is 5.79. The third kappa shape index (κ3) is 2.40. The highest BCUT2D eigenvalue weighted by atomic mass is 16.5. The minimum atomic E-state index is 0.330. The molecule has 0 amide bonds. The molecular formula is C11H10N4O. The number of pyridine rings is 1. The molecule has 1 heterocycles. The first-order valence-corrected chi connectivity index (χ1v) is 4.88. The van der Waals surface area contributed by atoms with E-state index < -0.39 is 0 Å². The second-order valence-electron chi connectivity index (χ2n) is 3.16. The maximum atomic E-state index is 8.10. The topological polar surface area (TPSA) is 70.9 Å². The molecule has 0 aliphatic carbocycles. The Morgan fingerprint density at radius 1 is 1.38 bits per heavy atom. The average molecular weight is 214 g/mol. The number of rotatable bonds is 4. The van der Waals surface area contributed by atoms with E-state index in [-0.39, 0.29) is 0 Å². The summed E-state index contributed by atoms with van der Waals surface area (Å²) in [6, 6.07) is 9.58. The van der Waals surface area contributed by atoms with Crippen LogP contribution >= 0.6 is 0 Å². The molecule has 16 heavy (non-hydrogen) atoms. The van der Waals surface area contributed by atoms with Gasteiger partial charge in [0.25, 0.3) is 0 Å². The quantitative estimate of drug-likeness (QED) is 0.339. The molecule has 0 spiro atoms. The number of nitrogens with zero attached hydrogens (tertiary/aromatic N) is 4. The largest absolute Gasteiger partial charge is 0.493 e. The third-order valence-electron chi connectivity index (χ3n) is 2.10. The summed E-state index contributed by atoms with van der Waals surface area (Å²) in [7, 11) is 0. The Labute approximate surface area is 92.3 Å². The molecule has 0 fully saturated rings. The van der Waals surface area contributed by atoms with E-state index in [2.05, 4.69) is 15.0 Å². The summed E-state index contributed by atoms with van der Waals surface area (Å²) in [6.07, 6.45) is 1.74. The van der Waals surface area contributed by atoms with Gasteiger partial charge in [-0.2, -0.15) is 0 Å². The lowest BCUT2D eigenvalue weighted by Crippen LogP contribution is -2.00. The van der Waals surface area contributed by atoms with Crippen molar-refractivity contribution in [2.45, 2.75) is 0 Å². The van der Waals surface area contributed by atoms with Gasteiger partial charge in [0, 0.05) is 22.6 Å². The van der Waals surface area contributed by atoms with E-state index in [1.54, 1.807) is 6.20 Å². The predicted octanol–water partition coefficient (Wildman–Crippen LogP) is 2.92. The zero-order valence-corrected chi connectivity index (χ0v) is 8.58. The summed E-state index contributed by atoms with van der Waals surface area (Å²) >= 11 is 0. The Kier molecular flexibility index (Phi) is 3.21. The third-order valence-corrected chi connectivity index (χ3v) is 2.10. The van der Waals surface area contributed by atoms with Gasteiger partial charge in [-0.25, -0.2) is 0 Å². The SMILES string of the molecule is [N-]=[N+]=NCCOc1ccc2cccnc2c1. The molecule has 2 aromatic rings. The molecular weight excluding hydrogens is 204 g/mol. The van der Waals surface area contributed by atoms with Crippen LogP contribution in [0.3, 0.4) is 0 Å². The van der Waals surface area contributed by atoms with Gasteiger partial charge in [-0.1, -0.05) is 11.2 Å². The first-order valence-electron chi connectivity index (χ1n) is 4.88. The molecule has 5 nitrogen and oxygen atoms in total. The molecule has 0 N–H and O–H groups in total. The van der Waals surface area contributed by atoms with E-state index >= 15 is 0 Å². The predicted molar refractivity (Wildman–Crippen MR) is 61.3 cm³/mol. The van der Waals surface area contributed by atoms with E-state index in [4.69, 9.17) is 10.3 Å². The fourth-order valence-corrected chi connectivity index (χ4v) is 1.39. The summed E-state index contributed by atoms with van der Waals surface area (Å²) < 4.78 is 5.41. The Hall–Kier alpha value is -2.26. The van der Waals surface area contributed by atoms with Crippen LogP contribution < -0.4 is 4.74 Å². The molecule has 0 atom stereocenters. The van der Waals surface area contributed by atoms with E-state index in [1.807, 2.05) is 30.3 Å². The van der Waals surface area contributed by atoms with Crippen molar-refractivity contribution in [3.63, 3.8) is 0 Å². The normalized spacial score (nSPS) is 9.75. The molecule has 0 aliphatic heterocycles. The Bertz CT molecular complexity index is 534. The Balaban J connectivity index is 2.10. The smallest absolute Gasteiger partial charge is 0.121 e. The van der Waals surface area contributed by atoms with Crippen LogP contribution in [0.25, 0.3) is 21.3 Å². The first-order chi connectivity index (χ1) is 7.90. The number of hydrogen-bond donors (Lipinski definition) is 0. The average Bonchev–Trinajstić information content (AvgIpc) is 2.34. The molecule has 5 heteroatoms. The number of fused-ring (bicyclic) bond motifs is 1. The van der Waals surface area contributed by atoms with E-state index in [0.29, 0.717) is 13.2 Å². The van der Waals surface area contributed by atoms with Crippen LogP contribution in [0.5, 0.6) is 5.75 Å². The molecule has 0 saturated heterocycles. The maximum Gasteiger partial charge on any atom is 0.121 e. The van der Waals surface area contributed by atoms with Crippen molar-refractivity contribution in [3.05, 3.63) is 47.0 Å². The standard InChI is InChI=1S/C11H10N4O/c12-15-14-6-7-16-10-4-3-9-2-1-5-13-11(9)8-10/h1-5,8H,6-7H2. The van der Waals surface area contributed by atoms with Crippen LogP contribution in [0.2, 0.25) is 0 Å². The zero-order valence-electron chi connectivity index (χ0n) is 8.58. The Morgan fingerprint density at radius 3 is 3.19 bits per heavy atom. The van der Waals surface area contributed by atoms with Crippen LogP contribution in [0.15, 0.2) is 41.6 Å². The van der Waals surface area contributed by atoms with Crippen molar-refractivity contribution in [2.24, 2.45) is 5.11 Å². The Morgan fingerprint density at radius 2 is 2.31 bits per heavy atom. The van der Waals surface area contributed by atoms with Crippen molar-refractivity contribution >= 4 is 10.9 Å². The molecule has 0 aliphatic rings. The maximum absolute atomic E-state index is 8.10. The van der Waals surface area contributed by atoms with Crippen LogP contribution in [0, 0.1) is 0 Å². The van der Waals surface area contributed by atoms with Gasteiger partial charge in [0.05, 0.1) is 18.7 Å². The number of benzene rings is 1. The summed E-state index contributed by atoms with van der Waals surface area (Å²) in [6.45, 7) is 0.707. The number of hydrogen-bond acceptors (Lipinski definition) is 3. The summed E-state index contributed by atoms with van der Waals surface area (Å²) in [5.41, 5.74) is 8.99. The number of ether oxygens (including phenoxy) is 1. The van der Waals surface area contributed by atoms with Gasteiger partial charge in [-0.05, 0) is 23.7 Å². The van der Waals surface area contributed by atoms with Crippen molar-refractivity contribution in [2.75, 3.05) is 13.2 Å². The van der Waals surface area contributed by atoms with Crippen molar-refractivity contribution < 1.29 is 4.74 Å². The second kappa shape index (κ2) is 5.00. The van der Waals surface area contributed by atoms with Crippen LogP contribution in [-0.2, 0) is 0 Å². The monoisotopic (exact) mass is 214 g/mol. The van der Waals surface area contributed by atoms with Crippen LogP contribution in [0.4, 0.5) is 0 Å². The van der Waals surface area contributed by atoms with Crippen molar-refractivity contribution in [1.82, 2.24) is 4.98 Å². The lowest BCUT2D eigenvalue weighted by Gasteiger charge is -2.04. The van der Waals surface area contributed by atoms with Gasteiger partial charge in [0.15, 0.2) is 0 Å². The van der Waals surface area contributed by atoms with Crippen molar-refractivity contribution in [3.8, 4) is 5.75 Å². The van der Waals surface area contributed by atoms with Gasteiger partial charge in [0.1, 0.15) is 5.75 Å². The molecule has 80 valence electrons. The number of azide groups is 1. The summed E-state index contributed by atoms with van der Waals surface area (Å²) in [4.78, 5) is 6.87. The highest BCUT2D eigenvalue weighted by Crippen LogP contribution is 2.18. The summed E-state index contributed by atoms with van der Waals surface area (Å²) in [5, 5.41) is 4.46. The van der Waals surface area contributed by atoms with Gasteiger partial charge < -0.3 is 4.74 Å². The molecule has 0 bridgehead atoms. The minimum absolute atomic E-state index is 0.330. The molecule has 2 rings (SSSR count). The molecule has 1 aromatic carbocycles. The lowest BCUT2D eigenvalue weighted by molar-refractivity contribution is 0.328. The molecule has 0 unspecified atom stereocenters. The van der Waals surface area contributed by atoms with E-state index in [1.165, 1.54) is 0 Å². The van der Waals surface area contributed by atoms with Crippen molar-refractivity contribution in [1.29, 1.82) is 0 Å². The summed E-state index contributed by atoms with van der Waals surface area (Å²) in [5.74, 6) is 0.735. The molecule has 0 radical (unpaired) electrons. The van der Waals surface area contributed by atoms with E-state index in [0.717, 1.165) is 16.7 Å². The van der Waals surface area contributed by atoms with Gasteiger partial charge in [-0.15, -0.1) is 0 Å². The fourth-order valence-electron chi connectivity index (χ4n) is 1.39. The van der Waals surface area contributed by atoms with Gasteiger partial charge in [-0.3, -0.25) is 4.98 Å². The first kappa shape index (κ1) is 10.3. The van der Waals surface area contributed by atoms with Gasteiger partial charge >= 0.3 is 0 Å². The lowest BCUT2D eigenvalue weighted by atomic mass is 10.2.